The Kier molecular flexibility index (Phi) is 5.21. The first-order valence-electron chi connectivity index (χ1n) is 6.79. The molecule has 0 saturated heterocycles. The molecule has 0 heterocycles. The Morgan fingerprint density at radius 1 is 1.17 bits per heavy atom. The van der Waals surface area contributed by atoms with Gasteiger partial charge in [-0.1, -0.05) is 38.5 Å². The van der Waals surface area contributed by atoms with Crippen molar-refractivity contribution in [3.63, 3.8) is 0 Å². The van der Waals surface area contributed by atoms with Crippen LogP contribution in [0.1, 0.15) is 32.8 Å². The molecule has 2 heteroatoms. The van der Waals surface area contributed by atoms with Gasteiger partial charge in [0.25, 0.3) is 0 Å². The van der Waals surface area contributed by atoms with E-state index in [1.807, 2.05) is 0 Å². The molecule has 0 amide bonds. The molecule has 2 nitrogen and oxygen atoms in total. The van der Waals surface area contributed by atoms with Crippen molar-refractivity contribution in [2.45, 2.75) is 34.1 Å². The molecule has 18 heavy (non-hydrogen) atoms. The minimum Gasteiger partial charge on any atom is -0.374 e. The molecule has 0 saturated carbocycles. The number of nitrogens with zero attached hydrogens (tertiary/aromatic N) is 1. The number of aryl methyl sites for hydroxylation is 1. The van der Waals surface area contributed by atoms with Crippen molar-refractivity contribution in [3.05, 3.63) is 29.8 Å². The van der Waals surface area contributed by atoms with E-state index < -0.39 is 0 Å². The van der Waals surface area contributed by atoms with E-state index >= 15 is 0 Å². The molecule has 1 unspecified atom stereocenters. The number of hydrogen-bond acceptors (Lipinski definition) is 2. The molecule has 1 atom stereocenters. The fourth-order valence-electron chi connectivity index (χ4n) is 2.38. The summed E-state index contributed by atoms with van der Waals surface area (Å²) in [5.41, 5.74) is 8.82. The van der Waals surface area contributed by atoms with Gasteiger partial charge in [-0.25, -0.2) is 0 Å². The van der Waals surface area contributed by atoms with E-state index in [2.05, 4.69) is 63.9 Å². The van der Waals surface area contributed by atoms with Crippen LogP contribution in [0, 0.1) is 18.3 Å². The Morgan fingerprint density at radius 3 is 2.17 bits per heavy atom. The van der Waals surface area contributed by atoms with E-state index in [0.717, 1.165) is 13.1 Å². The first kappa shape index (κ1) is 15.0. The van der Waals surface area contributed by atoms with Crippen LogP contribution in [0.15, 0.2) is 24.3 Å². The molecule has 0 spiro atoms. The summed E-state index contributed by atoms with van der Waals surface area (Å²) < 4.78 is 0. The number of anilines is 1. The lowest BCUT2D eigenvalue weighted by Gasteiger charge is -2.29. The fraction of sp³-hybridized carbons (Fsp3) is 0.625. The lowest BCUT2D eigenvalue weighted by molar-refractivity contribution is 0.300. The molecule has 0 aromatic heterocycles. The minimum atomic E-state index is 0.345. The zero-order valence-electron chi connectivity index (χ0n) is 12.5. The lowest BCUT2D eigenvalue weighted by Crippen LogP contribution is -2.32. The van der Waals surface area contributed by atoms with Gasteiger partial charge in [0.2, 0.25) is 0 Å². The Bertz CT molecular complexity index is 348. The second-order valence-electron chi connectivity index (χ2n) is 6.58. The van der Waals surface area contributed by atoms with E-state index in [1.54, 1.807) is 0 Å². The van der Waals surface area contributed by atoms with Crippen LogP contribution in [0.2, 0.25) is 0 Å². The molecule has 0 aliphatic rings. The zero-order valence-corrected chi connectivity index (χ0v) is 12.5. The van der Waals surface area contributed by atoms with Crippen molar-refractivity contribution >= 4 is 5.69 Å². The Balaban J connectivity index is 2.61. The summed E-state index contributed by atoms with van der Waals surface area (Å²) in [6.07, 6.45) is 1.17. The summed E-state index contributed by atoms with van der Waals surface area (Å²) in [6, 6.07) is 8.68. The number of hydrogen-bond donors (Lipinski definition) is 1. The van der Waals surface area contributed by atoms with E-state index in [4.69, 9.17) is 5.73 Å². The van der Waals surface area contributed by atoms with E-state index in [1.165, 1.54) is 17.7 Å². The van der Waals surface area contributed by atoms with Gasteiger partial charge < -0.3 is 10.6 Å². The molecular formula is C16H28N2. The predicted molar refractivity (Wildman–Crippen MR) is 81.1 cm³/mol. The number of rotatable bonds is 5. The minimum absolute atomic E-state index is 0.345. The Morgan fingerprint density at radius 2 is 1.72 bits per heavy atom. The van der Waals surface area contributed by atoms with Gasteiger partial charge in [0.05, 0.1) is 0 Å². The third-order valence-corrected chi connectivity index (χ3v) is 3.24. The maximum absolute atomic E-state index is 5.90. The summed E-state index contributed by atoms with van der Waals surface area (Å²) >= 11 is 0. The van der Waals surface area contributed by atoms with Crippen molar-refractivity contribution in [2.75, 3.05) is 25.0 Å². The van der Waals surface area contributed by atoms with Crippen LogP contribution in [-0.2, 0) is 0 Å². The van der Waals surface area contributed by atoms with Gasteiger partial charge in [-0.05, 0) is 43.4 Å². The molecule has 1 aromatic rings. The van der Waals surface area contributed by atoms with Crippen LogP contribution in [0.4, 0.5) is 5.69 Å². The zero-order chi connectivity index (χ0) is 13.8. The van der Waals surface area contributed by atoms with Gasteiger partial charge >= 0.3 is 0 Å². The molecule has 0 bridgehead atoms. The average Bonchev–Trinajstić information content (AvgIpc) is 2.27. The standard InChI is InChI=1S/C16H28N2/c1-13-6-8-15(9-7-13)18(5)12-14(11-17)10-16(2,3)4/h6-9,14H,10-12,17H2,1-5H3. The normalized spacial score (nSPS) is 13.4. The molecule has 1 rings (SSSR count). The van der Waals surface area contributed by atoms with Crippen molar-refractivity contribution in [3.8, 4) is 0 Å². The molecule has 1 aromatic carbocycles. The average molecular weight is 248 g/mol. The summed E-state index contributed by atoms with van der Waals surface area (Å²) in [5.74, 6) is 0.552. The first-order chi connectivity index (χ1) is 8.31. The van der Waals surface area contributed by atoms with Crippen LogP contribution < -0.4 is 10.6 Å². The van der Waals surface area contributed by atoms with Gasteiger partial charge in [-0.3, -0.25) is 0 Å². The first-order valence-corrected chi connectivity index (χ1v) is 6.79. The van der Waals surface area contributed by atoms with Gasteiger partial charge in [-0.2, -0.15) is 0 Å². The van der Waals surface area contributed by atoms with E-state index in [9.17, 15) is 0 Å². The third kappa shape index (κ3) is 5.09. The molecular weight excluding hydrogens is 220 g/mol. The van der Waals surface area contributed by atoms with Crippen LogP contribution in [0.25, 0.3) is 0 Å². The van der Waals surface area contributed by atoms with Gasteiger partial charge in [0, 0.05) is 19.3 Å². The van der Waals surface area contributed by atoms with Crippen molar-refractivity contribution < 1.29 is 0 Å². The highest BCUT2D eigenvalue weighted by Crippen LogP contribution is 2.25. The molecule has 0 fully saturated rings. The summed E-state index contributed by atoms with van der Waals surface area (Å²) in [4.78, 5) is 2.31. The topological polar surface area (TPSA) is 29.3 Å². The van der Waals surface area contributed by atoms with Crippen LogP contribution in [-0.4, -0.2) is 20.1 Å². The second kappa shape index (κ2) is 6.24. The maximum atomic E-state index is 5.90. The lowest BCUT2D eigenvalue weighted by atomic mass is 9.84. The van der Waals surface area contributed by atoms with Crippen molar-refractivity contribution in [1.29, 1.82) is 0 Å². The highest BCUT2D eigenvalue weighted by molar-refractivity contribution is 5.46. The summed E-state index contributed by atoms with van der Waals surface area (Å²) in [5, 5.41) is 0. The van der Waals surface area contributed by atoms with Gasteiger partial charge in [-0.15, -0.1) is 0 Å². The van der Waals surface area contributed by atoms with Gasteiger partial charge in [0.15, 0.2) is 0 Å². The van der Waals surface area contributed by atoms with Crippen molar-refractivity contribution in [2.24, 2.45) is 17.1 Å². The van der Waals surface area contributed by atoms with Crippen LogP contribution in [0.3, 0.4) is 0 Å². The monoisotopic (exact) mass is 248 g/mol. The highest BCUT2D eigenvalue weighted by Gasteiger charge is 2.19. The molecule has 102 valence electrons. The maximum Gasteiger partial charge on any atom is 0.0363 e. The quantitative estimate of drug-likeness (QED) is 0.865. The largest absolute Gasteiger partial charge is 0.374 e. The predicted octanol–water partition coefficient (Wildman–Crippen LogP) is 3.44. The molecule has 0 aliphatic carbocycles. The second-order valence-corrected chi connectivity index (χ2v) is 6.58. The highest BCUT2D eigenvalue weighted by atomic mass is 15.1. The Labute approximate surface area is 112 Å². The Hall–Kier alpha value is -1.02. The van der Waals surface area contributed by atoms with Crippen molar-refractivity contribution in [1.82, 2.24) is 0 Å². The fourth-order valence-corrected chi connectivity index (χ4v) is 2.38. The smallest absolute Gasteiger partial charge is 0.0363 e. The van der Waals surface area contributed by atoms with Crippen LogP contribution >= 0.6 is 0 Å². The summed E-state index contributed by atoms with van der Waals surface area (Å²) in [6.45, 7) is 10.7. The van der Waals surface area contributed by atoms with E-state index in [-0.39, 0.29) is 0 Å². The number of benzene rings is 1. The number of nitrogens with two attached hydrogens (primary N) is 1. The summed E-state index contributed by atoms with van der Waals surface area (Å²) in [7, 11) is 2.15. The van der Waals surface area contributed by atoms with Gasteiger partial charge in [0.1, 0.15) is 0 Å². The molecule has 0 aliphatic heterocycles. The third-order valence-electron chi connectivity index (χ3n) is 3.24. The SMILES string of the molecule is Cc1ccc(N(C)CC(CN)CC(C)(C)C)cc1. The molecule has 2 N–H and O–H groups in total. The van der Waals surface area contributed by atoms with Crippen LogP contribution in [0.5, 0.6) is 0 Å². The molecule has 0 radical (unpaired) electrons. The van der Waals surface area contributed by atoms with E-state index in [0.29, 0.717) is 11.3 Å².